The first-order valence-electron chi connectivity index (χ1n) is 8.13. The van der Waals surface area contributed by atoms with Crippen molar-refractivity contribution in [1.82, 2.24) is 15.1 Å². The molecule has 0 amide bonds. The van der Waals surface area contributed by atoms with Gasteiger partial charge in [-0.2, -0.15) is 0 Å². The third kappa shape index (κ3) is 6.56. The molecule has 1 unspecified atom stereocenters. The normalized spacial score (nSPS) is 17.8. The van der Waals surface area contributed by atoms with Crippen molar-refractivity contribution in [3.05, 3.63) is 35.9 Å². The molecule has 1 fully saturated rings. The van der Waals surface area contributed by atoms with Crippen LogP contribution in [0.2, 0.25) is 0 Å². The van der Waals surface area contributed by atoms with Crippen LogP contribution in [0.1, 0.15) is 5.56 Å². The second-order valence-corrected chi connectivity index (χ2v) is 5.97. The zero-order valence-corrected chi connectivity index (χ0v) is 14.1. The maximum atomic E-state index is 10.2. The van der Waals surface area contributed by atoms with Gasteiger partial charge in [-0.05, 0) is 5.56 Å². The third-order valence-corrected chi connectivity index (χ3v) is 3.75. The van der Waals surface area contributed by atoms with Crippen molar-refractivity contribution in [2.75, 3.05) is 53.5 Å². The van der Waals surface area contributed by atoms with Crippen molar-refractivity contribution < 1.29 is 9.84 Å². The number of nitrogens with one attached hydrogen (secondary N) is 1. The molecule has 0 spiro atoms. The molecule has 128 valence electrons. The van der Waals surface area contributed by atoms with E-state index < -0.39 is 6.10 Å². The van der Waals surface area contributed by atoms with Crippen LogP contribution in [0.3, 0.4) is 0 Å². The van der Waals surface area contributed by atoms with Gasteiger partial charge in [-0.15, -0.1) is 0 Å². The van der Waals surface area contributed by atoms with E-state index >= 15 is 0 Å². The van der Waals surface area contributed by atoms with Crippen LogP contribution >= 0.6 is 0 Å². The molecule has 1 heterocycles. The van der Waals surface area contributed by atoms with Gasteiger partial charge in [0.25, 0.3) is 0 Å². The highest BCUT2D eigenvalue weighted by Gasteiger charge is 2.15. The van der Waals surface area contributed by atoms with E-state index in [1.807, 2.05) is 37.2 Å². The van der Waals surface area contributed by atoms with Gasteiger partial charge in [0.15, 0.2) is 5.96 Å². The van der Waals surface area contributed by atoms with Crippen LogP contribution in [0.25, 0.3) is 0 Å². The Kier molecular flexibility index (Phi) is 7.32. The van der Waals surface area contributed by atoms with E-state index in [9.17, 15) is 5.11 Å². The molecule has 0 bridgehead atoms. The molecular formula is C17H28N4O2. The molecule has 1 aromatic rings. The number of morpholine rings is 1. The fraction of sp³-hybridized carbons (Fsp3) is 0.588. The van der Waals surface area contributed by atoms with E-state index in [-0.39, 0.29) is 0 Å². The number of hydrogen-bond acceptors (Lipinski definition) is 4. The topological polar surface area (TPSA) is 60.3 Å². The maximum absolute atomic E-state index is 10.2. The summed E-state index contributed by atoms with van der Waals surface area (Å²) >= 11 is 0. The number of β-amino-alcohol motifs (C(OH)–C–C–N with tert-alkyl or cyclic N) is 1. The van der Waals surface area contributed by atoms with Gasteiger partial charge < -0.3 is 20.1 Å². The number of ether oxygens (including phenoxy) is 1. The van der Waals surface area contributed by atoms with Crippen LogP contribution in [0.4, 0.5) is 0 Å². The minimum absolute atomic E-state index is 0.421. The highest BCUT2D eigenvalue weighted by atomic mass is 16.5. The lowest BCUT2D eigenvalue weighted by Gasteiger charge is -2.29. The van der Waals surface area contributed by atoms with E-state index in [2.05, 4.69) is 27.3 Å². The molecule has 0 aromatic heterocycles. The van der Waals surface area contributed by atoms with Gasteiger partial charge in [0.1, 0.15) is 0 Å². The Balaban J connectivity index is 1.79. The predicted molar refractivity (Wildman–Crippen MR) is 92.5 cm³/mol. The van der Waals surface area contributed by atoms with Gasteiger partial charge in [0.05, 0.1) is 25.9 Å². The number of aliphatic imine (C=N–C) groups is 1. The number of nitrogens with zero attached hydrogens (tertiary/aromatic N) is 3. The Bertz CT molecular complexity index is 473. The van der Waals surface area contributed by atoms with E-state index in [1.54, 1.807) is 0 Å². The third-order valence-electron chi connectivity index (χ3n) is 3.75. The first-order valence-corrected chi connectivity index (χ1v) is 8.13. The number of hydrogen-bond donors (Lipinski definition) is 2. The summed E-state index contributed by atoms with van der Waals surface area (Å²) in [4.78, 5) is 8.76. The van der Waals surface area contributed by atoms with Crippen LogP contribution in [0.5, 0.6) is 0 Å². The van der Waals surface area contributed by atoms with E-state index in [1.165, 1.54) is 5.56 Å². The summed E-state index contributed by atoms with van der Waals surface area (Å²) in [5.41, 5.74) is 1.17. The standard InChI is InChI=1S/C17H28N4O2/c1-20(2)17(18-12-15-6-4-3-5-7-15)19-13-16(22)14-21-8-10-23-11-9-21/h3-7,16,22H,8-14H2,1-2H3,(H,18,19). The number of benzene rings is 1. The molecular weight excluding hydrogens is 292 g/mol. The van der Waals surface area contributed by atoms with Crippen molar-refractivity contribution in [3.63, 3.8) is 0 Å². The van der Waals surface area contributed by atoms with Crippen molar-refractivity contribution in [3.8, 4) is 0 Å². The zero-order valence-electron chi connectivity index (χ0n) is 14.1. The van der Waals surface area contributed by atoms with Crippen molar-refractivity contribution in [2.24, 2.45) is 4.99 Å². The summed E-state index contributed by atoms with van der Waals surface area (Å²) in [6, 6.07) is 10.1. The molecule has 1 aliphatic rings. The number of aliphatic hydroxyl groups is 1. The van der Waals surface area contributed by atoms with Gasteiger partial charge in [-0.3, -0.25) is 4.90 Å². The molecule has 1 saturated heterocycles. The largest absolute Gasteiger partial charge is 0.390 e. The first-order chi connectivity index (χ1) is 11.1. The quantitative estimate of drug-likeness (QED) is 0.586. The van der Waals surface area contributed by atoms with Crippen LogP contribution in [-0.4, -0.2) is 80.5 Å². The van der Waals surface area contributed by atoms with Gasteiger partial charge in [0.2, 0.25) is 0 Å². The lowest BCUT2D eigenvalue weighted by atomic mass is 10.2. The molecule has 2 rings (SSSR count). The number of aliphatic hydroxyl groups excluding tert-OH is 1. The van der Waals surface area contributed by atoms with Crippen LogP contribution in [-0.2, 0) is 11.3 Å². The Hall–Kier alpha value is -1.63. The monoisotopic (exact) mass is 320 g/mol. The zero-order chi connectivity index (χ0) is 16.5. The summed E-state index contributed by atoms with van der Waals surface area (Å²) in [7, 11) is 3.90. The summed E-state index contributed by atoms with van der Waals surface area (Å²) in [6.07, 6.45) is -0.421. The molecule has 1 aliphatic heterocycles. The molecule has 2 N–H and O–H groups in total. The van der Waals surface area contributed by atoms with Gasteiger partial charge in [0, 0.05) is 40.3 Å². The van der Waals surface area contributed by atoms with E-state index in [0.29, 0.717) is 19.6 Å². The average Bonchev–Trinajstić information content (AvgIpc) is 2.56. The van der Waals surface area contributed by atoms with Crippen LogP contribution in [0, 0.1) is 0 Å². The van der Waals surface area contributed by atoms with Crippen molar-refractivity contribution in [1.29, 1.82) is 0 Å². The molecule has 0 aliphatic carbocycles. The lowest BCUT2D eigenvalue weighted by Crippen LogP contribution is -2.46. The second-order valence-electron chi connectivity index (χ2n) is 5.97. The Morgan fingerprint density at radius 3 is 2.65 bits per heavy atom. The van der Waals surface area contributed by atoms with E-state index in [4.69, 9.17) is 4.74 Å². The minimum atomic E-state index is -0.421. The van der Waals surface area contributed by atoms with Crippen LogP contribution in [0.15, 0.2) is 35.3 Å². The number of rotatable bonds is 6. The maximum Gasteiger partial charge on any atom is 0.193 e. The Morgan fingerprint density at radius 1 is 1.30 bits per heavy atom. The van der Waals surface area contributed by atoms with E-state index in [0.717, 1.165) is 32.3 Å². The summed E-state index contributed by atoms with van der Waals surface area (Å²) in [6.45, 7) is 5.06. The first kappa shape index (κ1) is 17.7. The van der Waals surface area contributed by atoms with Crippen molar-refractivity contribution in [2.45, 2.75) is 12.6 Å². The van der Waals surface area contributed by atoms with Gasteiger partial charge in [-0.25, -0.2) is 4.99 Å². The predicted octanol–water partition coefficient (Wildman–Crippen LogP) is 0.387. The van der Waals surface area contributed by atoms with Crippen molar-refractivity contribution >= 4 is 5.96 Å². The van der Waals surface area contributed by atoms with Gasteiger partial charge in [-0.1, -0.05) is 30.3 Å². The molecule has 6 nitrogen and oxygen atoms in total. The van der Waals surface area contributed by atoms with Crippen LogP contribution < -0.4 is 5.32 Å². The SMILES string of the molecule is CN(C)C(=NCc1ccccc1)NCC(O)CN1CCOCC1. The van der Waals surface area contributed by atoms with Gasteiger partial charge >= 0.3 is 0 Å². The highest BCUT2D eigenvalue weighted by Crippen LogP contribution is 2.01. The molecule has 0 saturated carbocycles. The summed E-state index contributed by atoms with van der Waals surface area (Å²) in [5, 5.41) is 13.4. The summed E-state index contributed by atoms with van der Waals surface area (Å²) in [5.74, 6) is 0.787. The number of guanidine groups is 1. The fourth-order valence-electron chi connectivity index (χ4n) is 2.46. The minimum Gasteiger partial charge on any atom is -0.390 e. The Morgan fingerprint density at radius 2 is 2.00 bits per heavy atom. The summed E-state index contributed by atoms with van der Waals surface area (Å²) < 4.78 is 5.32. The Labute approximate surface area is 138 Å². The average molecular weight is 320 g/mol. The smallest absolute Gasteiger partial charge is 0.193 e. The molecule has 1 aromatic carbocycles. The lowest BCUT2D eigenvalue weighted by molar-refractivity contribution is 0.0156. The molecule has 1 atom stereocenters. The molecule has 23 heavy (non-hydrogen) atoms. The highest BCUT2D eigenvalue weighted by molar-refractivity contribution is 5.79. The molecule has 0 radical (unpaired) electrons. The molecule has 6 heteroatoms. The fourth-order valence-corrected chi connectivity index (χ4v) is 2.46. The second kappa shape index (κ2) is 9.50.